The zero-order chi connectivity index (χ0) is 12.6. The van der Waals surface area contributed by atoms with Crippen molar-refractivity contribution in [3.05, 3.63) is 26.7 Å². The third-order valence-electron chi connectivity index (χ3n) is 2.77. The van der Waals surface area contributed by atoms with Crippen LogP contribution in [0.1, 0.15) is 6.42 Å². The highest BCUT2D eigenvalue weighted by Gasteiger charge is 2.31. The van der Waals surface area contributed by atoms with Crippen molar-refractivity contribution < 1.29 is 9.90 Å². The van der Waals surface area contributed by atoms with E-state index in [0.717, 1.165) is 0 Å². The van der Waals surface area contributed by atoms with E-state index in [-0.39, 0.29) is 18.4 Å². The molecule has 0 saturated carbocycles. The maximum atomic E-state index is 11.8. The van der Waals surface area contributed by atoms with Gasteiger partial charge in [-0.2, -0.15) is 0 Å². The quantitative estimate of drug-likeness (QED) is 0.842. The van der Waals surface area contributed by atoms with Gasteiger partial charge < -0.3 is 10.0 Å². The molecule has 17 heavy (non-hydrogen) atoms. The Morgan fingerprint density at radius 3 is 2.71 bits per heavy atom. The summed E-state index contributed by atoms with van der Waals surface area (Å²) < 4.78 is 0.693. The minimum absolute atomic E-state index is 0.00409. The molecule has 1 unspecified atom stereocenters. The van der Waals surface area contributed by atoms with Crippen LogP contribution >= 0.6 is 39.1 Å². The third-order valence-corrected chi connectivity index (χ3v) is 4.53. The second-order valence-electron chi connectivity index (χ2n) is 3.95. The summed E-state index contributed by atoms with van der Waals surface area (Å²) in [5, 5.41) is 9.82. The summed E-state index contributed by atoms with van der Waals surface area (Å²) in [6.45, 7) is 0.483. The topological polar surface area (TPSA) is 40.5 Å². The van der Waals surface area contributed by atoms with Gasteiger partial charge >= 0.3 is 0 Å². The maximum absolute atomic E-state index is 11.8. The van der Waals surface area contributed by atoms with Crippen molar-refractivity contribution in [1.82, 2.24) is 0 Å². The molecule has 92 valence electrons. The van der Waals surface area contributed by atoms with Crippen LogP contribution in [-0.2, 0) is 4.79 Å². The molecule has 1 atom stereocenters. The summed E-state index contributed by atoms with van der Waals surface area (Å²) >= 11 is 15.4. The minimum Gasteiger partial charge on any atom is -0.396 e. The fourth-order valence-corrected chi connectivity index (χ4v) is 2.73. The number of hydrogen-bond donors (Lipinski definition) is 1. The number of benzene rings is 1. The first-order chi connectivity index (χ1) is 8.04. The Hall–Kier alpha value is -0.290. The lowest BCUT2D eigenvalue weighted by Crippen LogP contribution is -2.25. The molecule has 1 aromatic carbocycles. The molecule has 0 bridgehead atoms. The van der Waals surface area contributed by atoms with Crippen molar-refractivity contribution in [2.24, 2.45) is 5.92 Å². The Kier molecular flexibility index (Phi) is 3.98. The Morgan fingerprint density at radius 2 is 2.12 bits per heavy atom. The SMILES string of the molecule is O=C1CC(CO)CN1c1ccc(Br)c(Cl)c1Cl. The monoisotopic (exact) mass is 337 g/mol. The highest BCUT2D eigenvalue weighted by Crippen LogP contribution is 2.39. The zero-order valence-corrected chi connectivity index (χ0v) is 11.9. The normalized spacial score (nSPS) is 20.1. The van der Waals surface area contributed by atoms with Gasteiger partial charge in [-0.25, -0.2) is 0 Å². The molecular weight excluding hydrogens is 329 g/mol. The molecule has 0 aromatic heterocycles. The summed E-state index contributed by atoms with van der Waals surface area (Å²) in [5.74, 6) is -0.0645. The Balaban J connectivity index is 2.35. The lowest BCUT2D eigenvalue weighted by molar-refractivity contribution is -0.117. The van der Waals surface area contributed by atoms with Crippen molar-refractivity contribution in [1.29, 1.82) is 0 Å². The predicted molar refractivity (Wildman–Crippen MR) is 71.7 cm³/mol. The molecule has 1 aromatic rings. The summed E-state index contributed by atoms with van der Waals surface area (Å²) in [4.78, 5) is 13.4. The maximum Gasteiger partial charge on any atom is 0.227 e. The summed E-state index contributed by atoms with van der Waals surface area (Å²) in [6, 6.07) is 3.50. The van der Waals surface area contributed by atoms with E-state index in [2.05, 4.69) is 15.9 Å². The van der Waals surface area contributed by atoms with E-state index in [4.69, 9.17) is 28.3 Å². The number of nitrogens with zero attached hydrogens (tertiary/aromatic N) is 1. The minimum atomic E-state index is -0.0376. The molecule has 1 aliphatic rings. The van der Waals surface area contributed by atoms with E-state index in [1.54, 1.807) is 17.0 Å². The molecule has 0 radical (unpaired) electrons. The van der Waals surface area contributed by atoms with Crippen LogP contribution in [-0.4, -0.2) is 24.2 Å². The van der Waals surface area contributed by atoms with Gasteiger partial charge in [-0.05, 0) is 28.1 Å². The van der Waals surface area contributed by atoms with Gasteiger partial charge in [0.05, 0.1) is 15.7 Å². The standard InChI is InChI=1S/C11H10BrCl2NO2/c12-7-1-2-8(11(14)10(7)13)15-4-6(5-16)3-9(15)17/h1-2,6,16H,3-5H2. The highest BCUT2D eigenvalue weighted by molar-refractivity contribution is 9.10. The molecule has 2 rings (SSSR count). The molecule has 0 spiro atoms. The van der Waals surface area contributed by atoms with Crippen LogP contribution in [0, 0.1) is 5.92 Å². The van der Waals surface area contributed by atoms with Gasteiger partial charge in [0.2, 0.25) is 5.91 Å². The number of hydrogen-bond acceptors (Lipinski definition) is 2. The number of rotatable bonds is 2. The van der Waals surface area contributed by atoms with Crippen LogP contribution in [0.25, 0.3) is 0 Å². The number of amides is 1. The number of aliphatic hydroxyl groups is 1. The average Bonchev–Trinajstić information content (AvgIpc) is 2.68. The highest BCUT2D eigenvalue weighted by atomic mass is 79.9. The Bertz CT molecular complexity index is 467. The first-order valence-corrected chi connectivity index (χ1v) is 6.64. The van der Waals surface area contributed by atoms with Gasteiger partial charge in [0.15, 0.2) is 0 Å². The molecule has 6 heteroatoms. The molecule has 1 N–H and O–H groups in total. The predicted octanol–water partition coefficient (Wildman–Crippen LogP) is 3.10. The van der Waals surface area contributed by atoms with Gasteiger partial charge in [0.25, 0.3) is 0 Å². The molecule has 1 saturated heterocycles. The Morgan fingerprint density at radius 1 is 1.41 bits per heavy atom. The first kappa shape index (κ1) is 13.1. The fourth-order valence-electron chi connectivity index (χ4n) is 1.86. The van der Waals surface area contributed by atoms with Crippen LogP contribution < -0.4 is 4.90 Å². The van der Waals surface area contributed by atoms with Crippen molar-refractivity contribution in [2.45, 2.75) is 6.42 Å². The molecule has 0 aliphatic carbocycles. The summed E-state index contributed by atoms with van der Waals surface area (Å²) in [7, 11) is 0. The molecule has 1 heterocycles. The van der Waals surface area contributed by atoms with Gasteiger partial charge in [-0.3, -0.25) is 4.79 Å². The fraction of sp³-hybridized carbons (Fsp3) is 0.364. The molecule has 1 aliphatic heterocycles. The molecule has 1 amide bonds. The summed E-state index contributed by atoms with van der Waals surface area (Å²) in [5.41, 5.74) is 0.598. The van der Waals surface area contributed by atoms with Crippen LogP contribution in [0.2, 0.25) is 10.0 Å². The van der Waals surface area contributed by atoms with Gasteiger partial charge in [-0.1, -0.05) is 23.2 Å². The van der Waals surface area contributed by atoms with E-state index in [1.807, 2.05) is 0 Å². The number of halogens is 3. The second kappa shape index (κ2) is 5.14. The first-order valence-electron chi connectivity index (χ1n) is 5.09. The average molecular weight is 339 g/mol. The largest absolute Gasteiger partial charge is 0.396 e. The van der Waals surface area contributed by atoms with E-state index in [1.165, 1.54) is 0 Å². The van der Waals surface area contributed by atoms with E-state index in [0.29, 0.717) is 33.2 Å². The van der Waals surface area contributed by atoms with Gasteiger partial charge in [-0.15, -0.1) is 0 Å². The van der Waals surface area contributed by atoms with Crippen LogP contribution in [0.4, 0.5) is 5.69 Å². The van der Waals surface area contributed by atoms with Crippen molar-refractivity contribution >= 4 is 50.7 Å². The van der Waals surface area contributed by atoms with Gasteiger partial charge in [0.1, 0.15) is 0 Å². The summed E-state index contributed by atoms with van der Waals surface area (Å²) in [6.07, 6.45) is 0.348. The van der Waals surface area contributed by atoms with Crippen molar-refractivity contribution in [3.63, 3.8) is 0 Å². The van der Waals surface area contributed by atoms with E-state index < -0.39 is 0 Å². The van der Waals surface area contributed by atoms with E-state index in [9.17, 15) is 4.79 Å². The zero-order valence-electron chi connectivity index (χ0n) is 8.79. The van der Waals surface area contributed by atoms with Gasteiger partial charge in [0, 0.05) is 30.0 Å². The van der Waals surface area contributed by atoms with Crippen molar-refractivity contribution in [2.75, 3.05) is 18.1 Å². The number of carbonyl (C=O) groups is 1. The lowest BCUT2D eigenvalue weighted by Gasteiger charge is -2.19. The molecule has 3 nitrogen and oxygen atoms in total. The Labute approximate surface area is 117 Å². The van der Waals surface area contributed by atoms with Crippen LogP contribution in [0.15, 0.2) is 16.6 Å². The molecule has 1 fully saturated rings. The number of aliphatic hydroxyl groups excluding tert-OH is 1. The van der Waals surface area contributed by atoms with Crippen LogP contribution in [0.3, 0.4) is 0 Å². The number of anilines is 1. The smallest absolute Gasteiger partial charge is 0.227 e. The van der Waals surface area contributed by atoms with Crippen LogP contribution in [0.5, 0.6) is 0 Å². The van der Waals surface area contributed by atoms with Crippen molar-refractivity contribution in [3.8, 4) is 0 Å². The number of carbonyl (C=O) groups excluding carboxylic acids is 1. The molecular formula is C11H10BrCl2NO2. The lowest BCUT2D eigenvalue weighted by atomic mass is 10.1. The second-order valence-corrected chi connectivity index (χ2v) is 5.56. The van der Waals surface area contributed by atoms with E-state index >= 15 is 0 Å². The third kappa shape index (κ3) is 2.45.